The molecule has 0 amide bonds. The van der Waals surface area contributed by atoms with Gasteiger partial charge in [0.2, 0.25) is 0 Å². The number of H-pyrrole nitrogens is 1. The van der Waals surface area contributed by atoms with Crippen LogP contribution in [0.15, 0.2) is 6.58 Å². The molecule has 0 unspecified atom stereocenters. The first-order valence-corrected chi connectivity index (χ1v) is 3.09. The number of hydrogen-bond donors (Lipinski definition) is 2. The Hall–Kier alpha value is -1.25. The van der Waals surface area contributed by atoms with Crippen LogP contribution < -0.4 is 5.73 Å². The SMILES string of the molecule is C=C(C)c1[nH]c(C)nc1N. The Morgan fingerprint density at radius 1 is 1.70 bits per heavy atom. The number of hydrogen-bond acceptors (Lipinski definition) is 2. The quantitative estimate of drug-likeness (QED) is 0.613. The summed E-state index contributed by atoms with van der Waals surface area (Å²) < 4.78 is 0. The standard InChI is InChI=1S/C7H11N3/c1-4(2)6-7(8)10-5(3)9-6/h1,8H2,2-3H3,(H,9,10). The van der Waals surface area contributed by atoms with E-state index >= 15 is 0 Å². The number of aromatic amines is 1. The lowest BCUT2D eigenvalue weighted by Gasteiger charge is -1.92. The van der Waals surface area contributed by atoms with Gasteiger partial charge in [0.25, 0.3) is 0 Å². The summed E-state index contributed by atoms with van der Waals surface area (Å²) in [5, 5.41) is 0. The number of allylic oxidation sites excluding steroid dienone is 1. The molecular formula is C7H11N3. The maximum Gasteiger partial charge on any atom is 0.149 e. The first kappa shape index (κ1) is 6.86. The summed E-state index contributed by atoms with van der Waals surface area (Å²) in [6.07, 6.45) is 0. The maximum atomic E-state index is 5.54. The zero-order chi connectivity index (χ0) is 7.72. The van der Waals surface area contributed by atoms with Crippen molar-refractivity contribution in [2.45, 2.75) is 13.8 Å². The number of aromatic nitrogens is 2. The smallest absolute Gasteiger partial charge is 0.149 e. The molecule has 0 radical (unpaired) electrons. The predicted molar refractivity (Wildman–Crippen MR) is 42.4 cm³/mol. The van der Waals surface area contributed by atoms with Gasteiger partial charge in [-0.15, -0.1) is 0 Å². The highest BCUT2D eigenvalue weighted by atomic mass is 15.0. The van der Waals surface area contributed by atoms with Crippen LogP contribution in [0.2, 0.25) is 0 Å². The minimum absolute atomic E-state index is 0.532. The van der Waals surface area contributed by atoms with E-state index in [0.29, 0.717) is 5.82 Å². The molecule has 0 aliphatic rings. The summed E-state index contributed by atoms with van der Waals surface area (Å²) in [5.41, 5.74) is 7.30. The number of nitrogens with two attached hydrogens (primary N) is 1. The Balaban J connectivity index is 3.15. The first-order chi connectivity index (χ1) is 4.61. The summed E-state index contributed by atoms with van der Waals surface area (Å²) in [7, 11) is 0. The number of anilines is 1. The van der Waals surface area contributed by atoms with Gasteiger partial charge in [-0.3, -0.25) is 0 Å². The largest absolute Gasteiger partial charge is 0.382 e. The van der Waals surface area contributed by atoms with Crippen molar-refractivity contribution in [3.8, 4) is 0 Å². The van der Waals surface area contributed by atoms with Crippen molar-refractivity contribution < 1.29 is 0 Å². The van der Waals surface area contributed by atoms with E-state index in [1.54, 1.807) is 0 Å². The molecule has 10 heavy (non-hydrogen) atoms. The zero-order valence-corrected chi connectivity index (χ0v) is 6.23. The molecule has 54 valence electrons. The molecule has 1 aromatic heterocycles. The van der Waals surface area contributed by atoms with Crippen LogP contribution in [0, 0.1) is 6.92 Å². The molecule has 3 N–H and O–H groups in total. The molecule has 1 heterocycles. The van der Waals surface area contributed by atoms with Crippen molar-refractivity contribution in [3.05, 3.63) is 18.1 Å². The fraction of sp³-hybridized carbons (Fsp3) is 0.286. The van der Waals surface area contributed by atoms with Gasteiger partial charge in [-0.2, -0.15) is 0 Å². The third-order valence-electron chi connectivity index (χ3n) is 1.28. The molecule has 0 saturated carbocycles. The molecular weight excluding hydrogens is 126 g/mol. The molecule has 0 aromatic carbocycles. The van der Waals surface area contributed by atoms with Gasteiger partial charge in [0.15, 0.2) is 0 Å². The van der Waals surface area contributed by atoms with Crippen molar-refractivity contribution in [2.24, 2.45) is 0 Å². The lowest BCUT2D eigenvalue weighted by Crippen LogP contribution is -1.88. The third kappa shape index (κ3) is 1.03. The molecule has 0 fully saturated rings. The second kappa shape index (κ2) is 2.17. The molecule has 0 atom stereocenters. The number of nitrogens with zero attached hydrogens (tertiary/aromatic N) is 1. The van der Waals surface area contributed by atoms with Crippen molar-refractivity contribution in [1.29, 1.82) is 0 Å². The molecule has 3 heteroatoms. The molecule has 1 aromatic rings. The second-order valence-electron chi connectivity index (χ2n) is 2.36. The van der Waals surface area contributed by atoms with E-state index in [0.717, 1.165) is 17.1 Å². The van der Waals surface area contributed by atoms with Gasteiger partial charge in [0.1, 0.15) is 11.6 Å². The average Bonchev–Trinajstić information content (AvgIpc) is 2.10. The monoisotopic (exact) mass is 137 g/mol. The molecule has 0 aliphatic carbocycles. The lowest BCUT2D eigenvalue weighted by atomic mass is 10.2. The van der Waals surface area contributed by atoms with E-state index in [-0.39, 0.29) is 0 Å². The Kier molecular flexibility index (Phi) is 1.49. The normalized spacial score (nSPS) is 9.80. The molecule has 3 nitrogen and oxygen atoms in total. The maximum absolute atomic E-state index is 5.54. The van der Waals surface area contributed by atoms with E-state index in [9.17, 15) is 0 Å². The average molecular weight is 137 g/mol. The van der Waals surface area contributed by atoms with Gasteiger partial charge < -0.3 is 10.7 Å². The van der Waals surface area contributed by atoms with Gasteiger partial charge in [0.05, 0.1) is 5.69 Å². The number of rotatable bonds is 1. The summed E-state index contributed by atoms with van der Waals surface area (Å²) in [6.45, 7) is 7.50. The molecule has 0 saturated heterocycles. The lowest BCUT2D eigenvalue weighted by molar-refractivity contribution is 1.14. The van der Waals surface area contributed by atoms with Crippen LogP contribution in [-0.4, -0.2) is 9.97 Å². The molecule has 0 aliphatic heterocycles. The van der Waals surface area contributed by atoms with Gasteiger partial charge in [0, 0.05) is 0 Å². The van der Waals surface area contributed by atoms with Crippen LogP contribution in [0.1, 0.15) is 18.4 Å². The summed E-state index contributed by atoms with van der Waals surface area (Å²) in [5.74, 6) is 1.36. The van der Waals surface area contributed by atoms with E-state index in [2.05, 4.69) is 16.5 Å². The van der Waals surface area contributed by atoms with Crippen molar-refractivity contribution in [2.75, 3.05) is 5.73 Å². The summed E-state index contributed by atoms with van der Waals surface area (Å²) >= 11 is 0. The minimum atomic E-state index is 0.532. The topological polar surface area (TPSA) is 54.7 Å². The third-order valence-corrected chi connectivity index (χ3v) is 1.28. The van der Waals surface area contributed by atoms with Gasteiger partial charge in [-0.05, 0) is 19.4 Å². The summed E-state index contributed by atoms with van der Waals surface area (Å²) in [4.78, 5) is 7.00. The molecule has 0 bridgehead atoms. The zero-order valence-electron chi connectivity index (χ0n) is 6.23. The summed E-state index contributed by atoms with van der Waals surface area (Å²) in [6, 6.07) is 0. The second-order valence-corrected chi connectivity index (χ2v) is 2.36. The van der Waals surface area contributed by atoms with E-state index in [1.807, 2.05) is 13.8 Å². The molecule has 1 rings (SSSR count). The van der Waals surface area contributed by atoms with E-state index in [1.165, 1.54) is 0 Å². The number of nitrogen functional groups attached to an aromatic ring is 1. The Labute approximate surface area is 60.0 Å². The highest BCUT2D eigenvalue weighted by Crippen LogP contribution is 2.15. The van der Waals surface area contributed by atoms with Crippen LogP contribution in [0.5, 0.6) is 0 Å². The predicted octanol–water partition coefficient (Wildman–Crippen LogP) is 1.33. The van der Waals surface area contributed by atoms with E-state index in [4.69, 9.17) is 5.73 Å². The number of nitrogens with one attached hydrogen (secondary N) is 1. The number of imidazole rings is 1. The van der Waals surface area contributed by atoms with Crippen molar-refractivity contribution >= 4 is 11.4 Å². The highest BCUT2D eigenvalue weighted by Gasteiger charge is 2.02. The van der Waals surface area contributed by atoms with Crippen LogP contribution in [0.4, 0.5) is 5.82 Å². The Morgan fingerprint density at radius 3 is 2.50 bits per heavy atom. The Morgan fingerprint density at radius 2 is 2.30 bits per heavy atom. The molecule has 0 spiro atoms. The fourth-order valence-electron chi connectivity index (χ4n) is 0.835. The van der Waals surface area contributed by atoms with Crippen LogP contribution in [0.25, 0.3) is 5.57 Å². The van der Waals surface area contributed by atoms with Crippen molar-refractivity contribution in [1.82, 2.24) is 9.97 Å². The Bertz CT molecular complexity index is 260. The van der Waals surface area contributed by atoms with Gasteiger partial charge in [-0.25, -0.2) is 4.98 Å². The van der Waals surface area contributed by atoms with Crippen LogP contribution in [0.3, 0.4) is 0 Å². The van der Waals surface area contributed by atoms with Crippen molar-refractivity contribution in [3.63, 3.8) is 0 Å². The minimum Gasteiger partial charge on any atom is -0.382 e. The van der Waals surface area contributed by atoms with Gasteiger partial charge in [-0.1, -0.05) is 6.58 Å². The first-order valence-electron chi connectivity index (χ1n) is 3.09. The fourth-order valence-corrected chi connectivity index (χ4v) is 0.835. The van der Waals surface area contributed by atoms with Crippen LogP contribution >= 0.6 is 0 Å². The highest BCUT2D eigenvalue weighted by molar-refractivity contribution is 5.66. The van der Waals surface area contributed by atoms with E-state index < -0.39 is 0 Å². The van der Waals surface area contributed by atoms with Gasteiger partial charge >= 0.3 is 0 Å². The number of aryl methyl sites for hydroxylation is 1. The van der Waals surface area contributed by atoms with Crippen LogP contribution in [-0.2, 0) is 0 Å².